The number of halogens is 1. The molecule has 2 atom stereocenters. The van der Waals surface area contributed by atoms with Crippen LogP contribution in [0.15, 0.2) is 72.9 Å². The summed E-state index contributed by atoms with van der Waals surface area (Å²) in [7, 11) is 0. The highest BCUT2D eigenvalue weighted by Gasteiger charge is 2.42. The number of aryl methyl sites for hydroxylation is 1. The molecular formula is C27H23FN4O2S. The SMILES string of the molecule is Cc1cc([C@H]2[C@@H](c3ccccn3)NC(=S)N2c2ccc3c(c2)OCO3)c(C)n1-c1ccc(F)cc1. The first-order valence-corrected chi connectivity index (χ1v) is 11.8. The maximum Gasteiger partial charge on any atom is 0.231 e. The number of hydrogen-bond donors (Lipinski definition) is 1. The van der Waals surface area contributed by atoms with E-state index in [-0.39, 0.29) is 24.7 Å². The van der Waals surface area contributed by atoms with Crippen LogP contribution in [-0.2, 0) is 0 Å². The highest BCUT2D eigenvalue weighted by molar-refractivity contribution is 7.80. The van der Waals surface area contributed by atoms with Gasteiger partial charge in [0.25, 0.3) is 0 Å². The van der Waals surface area contributed by atoms with Gasteiger partial charge in [-0.3, -0.25) is 4.98 Å². The molecule has 2 aromatic heterocycles. The topological polar surface area (TPSA) is 51.6 Å². The normalized spacial score (nSPS) is 18.7. The van der Waals surface area contributed by atoms with Gasteiger partial charge in [-0.15, -0.1) is 0 Å². The number of ether oxygens (including phenoxy) is 2. The first kappa shape index (κ1) is 21.6. The minimum absolute atomic E-state index is 0.168. The Morgan fingerprint density at radius 3 is 2.51 bits per heavy atom. The third kappa shape index (κ3) is 3.61. The van der Waals surface area contributed by atoms with Gasteiger partial charge in [0.15, 0.2) is 16.6 Å². The summed E-state index contributed by atoms with van der Waals surface area (Å²) in [6, 6.07) is 20.2. The molecule has 2 aliphatic heterocycles. The van der Waals surface area contributed by atoms with E-state index in [4.69, 9.17) is 21.7 Å². The number of anilines is 1. The Hall–Kier alpha value is -3.91. The van der Waals surface area contributed by atoms with Crippen LogP contribution in [0.1, 0.15) is 34.7 Å². The number of nitrogens with one attached hydrogen (secondary N) is 1. The van der Waals surface area contributed by atoms with Crippen LogP contribution in [-0.4, -0.2) is 21.5 Å². The molecule has 0 aliphatic carbocycles. The van der Waals surface area contributed by atoms with Gasteiger partial charge in [0, 0.05) is 35.0 Å². The molecule has 1 fully saturated rings. The summed E-state index contributed by atoms with van der Waals surface area (Å²) in [5, 5.41) is 4.11. The van der Waals surface area contributed by atoms with Gasteiger partial charge >= 0.3 is 0 Å². The number of aromatic nitrogens is 2. The summed E-state index contributed by atoms with van der Waals surface area (Å²) in [5.74, 6) is 1.16. The van der Waals surface area contributed by atoms with Crippen LogP contribution in [0.2, 0.25) is 0 Å². The van der Waals surface area contributed by atoms with Crippen LogP contribution in [0.5, 0.6) is 11.5 Å². The predicted molar refractivity (Wildman–Crippen MR) is 136 cm³/mol. The first-order chi connectivity index (χ1) is 17.0. The summed E-state index contributed by atoms with van der Waals surface area (Å²) < 4.78 is 26.9. The van der Waals surface area contributed by atoms with Gasteiger partial charge < -0.3 is 24.3 Å². The quantitative estimate of drug-likeness (QED) is 0.383. The molecule has 0 saturated carbocycles. The van der Waals surface area contributed by atoms with Crippen molar-refractivity contribution in [2.75, 3.05) is 11.7 Å². The molecule has 4 aromatic rings. The highest BCUT2D eigenvalue weighted by Crippen LogP contribution is 2.46. The summed E-state index contributed by atoms with van der Waals surface area (Å²) in [5.41, 5.74) is 5.92. The molecule has 0 unspecified atom stereocenters. The van der Waals surface area contributed by atoms with E-state index in [1.807, 2.05) is 36.4 Å². The van der Waals surface area contributed by atoms with E-state index in [1.165, 1.54) is 12.1 Å². The van der Waals surface area contributed by atoms with Crippen molar-refractivity contribution in [1.29, 1.82) is 0 Å². The van der Waals surface area contributed by atoms with E-state index in [1.54, 1.807) is 18.3 Å². The van der Waals surface area contributed by atoms with Crippen molar-refractivity contribution in [3.8, 4) is 17.2 Å². The monoisotopic (exact) mass is 486 g/mol. The zero-order valence-corrected chi connectivity index (χ0v) is 20.1. The molecule has 1 saturated heterocycles. The predicted octanol–water partition coefficient (Wildman–Crippen LogP) is 5.53. The Morgan fingerprint density at radius 2 is 1.74 bits per heavy atom. The number of rotatable bonds is 4. The summed E-state index contributed by atoms with van der Waals surface area (Å²) in [6.45, 7) is 4.35. The van der Waals surface area contributed by atoms with Gasteiger partial charge in [-0.25, -0.2) is 4.39 Å². The largest absolute Gasteiger partial charge is 0.454 e. The van der Waals surface area contributed by atoms with Crippen LogP contribution in [0.4, 0.5) is 10.1 Å². The molecule has 0 spiro atoms. The average molecular weight is 487 g/mol. The molecule has 0 amide bonds. The van der Waals surface area contributed by atoms with Crippen molar-refractivity contribution in [3.05, 3.63) is 101 Å². The fourth-order valence-electron chi connectivity index (χ4n) is 5.06. The van der Waals surface area contributed by atoms with Crippen LogP contribution in [0, 0.1) is 19.7 Å². The van der Waals surface area contributed by atoms with Crippen molar-refractivity contribution >= 4 is 23.0 Å². The van der Waals surface area contributed by atoms with Crippen molar-refractivity contribution < 1.29 is 13.9 Å². The third-order valence-electron chi connectivity index (χ3n) is 6.61. The Morgan fingerprint density at radius 1 is 0.971 bits per heavy atom. The molecule has 35 heavy (non-hydrogen) atoms. The van der Waals surface area contributed by atoms with Gasteiger partial charge in [-0.2, -0.15) is 0 Å². The molecule has 6 nitrogen and oxygen atoms in total. The number of fused-ring (bicyclic) bond motifs is 1. The molecule has 8 heteroatoms. The maximum atomic E-state index is 13.6. The number of nitrogens with zero attached hydrogens (tertiary/aromatic N) is 3. The second kappa shape index (κ2) is 8.39. The number of benzene rings is 2. The lowest BCUT2D eigenvalue weighted by Crippen LogP contribution is -2.29. The summed E-state index contributed by atoms with van der Waals surface area (Å²) in [4.78, 5) is 6.76. The van der Waals surface area contributed by atoms with Crippen molar-refractivity contribution in [3.63, 3.8) is 0 Å². The minimum Gasteiger partial charge on any atom is -0.454 e. The van der Waals surface area contributed by atoms with E-state index in [0.717, 1.165) is 39.8 Å². The lowest BCUT2D eigenvalue weighted by Gasteiger charge is -2.28. The van der Waals surface area contributed by atoms with Crippen LogP contribution in [0.25, 0.3) is 5.69 Å². The fraction of sp³-hybridized carbons (Fsp3) is 0.185. The second-order valence-corrected chi connectivity index (χ2v) is 9.06. The van der Waals surface area contributed by atoms with Crippen molar-refractivity contribution in [2.45, 2.75) is 25.9 Å². The second-order valence-electron chi connectivity index (χ2n) is 8.67. The Bertz CT molecular complexity index is 1420. The van der Waals surface area contributed by atoms with E-state index < -0.39 is 0 Å². The molecule has 2 aromatic carbocycles. The fourth-order valence-corrected chi connectivity index (χ4v) is 5.40. The lowest BCUT2D eigenvalue weighted by atomic mass is 9.96. The van der Waals surface area contributed by atoms with Gasteiger partial charge in [0.05, 0.1) is 17.8 Å². The van der Waals surface area contributed by atoms with Gasteiger partial charge in [-0.1, -0.05) is 6.07 Å². The van der Waals surface area contributed by atoms with Gasteiger partial charge in [-0.05, 0) is 86.2 Å². The molecule has 176 valence electrons. The molecule has 2 aliphatic rings. The lowest BCUT2D eigenvalue weighted by molar-refractivity contribution is 0.174. The standard InChI is InChI=1S/C27H23FN4O2S/c1-16-13-21(17(2)31(16)19-8-6-18(28)7-9-19)26-25(22-5-3-4-12-29-22)30-27(35)32(26)20-10-11-23-24(14-20)34-15-33-23/h3-14,25-26H,15H2,1-2H3,(H,30,35)/t25-,26+/m1/s1. The molecule has 6 rings (SSSR count). The molecule has 4 heterocycles. The molecule has 0 radical (unpaired) electrons. The van der Waals surface area contributed by atoms with E-state index in [9.17, 15) is 4.39 Å². The molecule has 0 bridgehead atoms. The Balaban J connectivity index is 1.51. The maximum absolute atomic E-state index is 13.6. The smallest absolute Gasteiger partial charge is 0.231 e. The number of pyridine rings is 1. The number of hydrogen-bond acceptors (Lipinski definition) is 4. The van der Waals surface area contributed by atoms with E-state index in [2.05, 4.69) is 39.7 Å². The van der Waals surface area contributed by atoms with Crippen LogP contribution >= 0.6 is 12.2 Å². The zero-order chi connectivity index (χ0) is 24.1. The Kier molecular flexibility index (Phi) is 5.18. The van der Waals surface area contributed by atoms with Crippen LogP contribution < -0.4 is 19.7 Å². The first-order valence-electron chi connectivity index (χ1n) is 11.4. The average Bonchev–Trinajstić information content (AvgIpc) is 3.55. The van der Waals surface area contributed by atoms with Crippen molar-refractivity contribution in [2.24, 2.45) is 0 Å². The zero-order valence-electron chi connectivity index (χ0n) is 19.2. The highest BCUT2D eigenvalue weighted by atomic mass is 32.1. The number of thiocarbonyl (C=S) groups is 1. The summed E-state index contributed by atoms with van der Waals surface area (Å²) in [6.07, 6.45) is 1.79. The Labute approximate surface area is 207 Å². The van der Waals surface area contributed by atoms with E-state index in [0.29, 0.717) is 10.9 Å². The van der Waals surface area contributed by atoms with Crippen molar-refractivity contribution in [1.82, 2.24) is 14.9 Å². The molecule has 1 N–H and O–H groups in total. The van der Waals surface area contributed by atoms with Gasteiger partial charge in [0.1, 0.15) is 5.82 Å². The van der Waals surface area contributed by atoms with E-state index >= 15 is 0 Å². The van der Waals surface area contributed by atoms with Crippen LogP contribution in [0.3, 0.4) is 0 Å². The minimum atomic E-state index is -0.258. The summed E-state index contributed by atoms with van der Waals surface area (Å²) >= 11 is 5.86. The third-order valence-corrected chi connectivity index (χ3v) is 6.92. The molecular weight excluding hydrogens is 463 g/mol. The van der Waals surface area contributed by atoms with Gasteiger partial charge in [0.2, 0.25) is 6.79 Å².